The van der Waals surface area contributed by atoms with Crippen LogP contribution in [0, 0.1) is 0 Å². The maximum Gasteiger partial charge on any atom is 0.240 e. The van der Waals surface area contributed by atoms with Crippen LogP contribution in [-0.2, 0) is 9.53 Å². The van der Waals surface area contributed by atoms with Gasteiger partial charge in [-0.3, -0.25) is 10.1 Å². The maximum atomic E-state index is 11.8. The number of nitrogens with one attached hydrogen (secondary N) is 1. The Kier molecular flexibility index (Phi) is 2.73. The number of amides is 1. The number of carbonyl (C=O) groups excluding carboxylic acids is 1. The van der Waals surface area contributed by atoms with Crippen molar-refractivity contribution in [3.63, 3.8) is 0 Å². The van der Waals surface area contributed by atoms with Gasteiger partial charge in [0, 0.05) is 12.6 Å². The highest BCUT2D eigenvalue weighted by Crippen LogP contribution is 2.28. The van der Waals surface area contributed by atoms with Crippen LogP contribution in [-0.4, -0.2) is 41.8 Å². The topological polar surface area (TPSA) is 41.6 Å². The Morgan fingerprint density at radius 1 is 1.53 bits per heavy atom. The van der Waals surface area contributed by atoms with E-state index in [2.05, 4.69) is 19.2 Å². The van der Waals surface area contributed by atoms with Gasteiger partial charge in [0.2, 0.25) is 5.91 Å². The molecule has 2 unspecified atom stereocenters. The summed E-state index contributed by atoms with van der Waals surface area (Å²) in [5.41, 5.74) is -0.0883. The molecule has 2 aliphatic rings. The van der Waals surface area contributed by atoms with Crippen molar-refractivity contribution >= 4 is 5.91 Å². The summed E-state index contributed by atoms with van der Waals surface area (Å²) in [6, 6.07) is 0.328. The Morgan fingerprint density at radius 3 is 2.80 bits per heavy atom. The molecule has 2 rings (SSSR count). The van der Waals surface area contributed by atoms with E-state index in [1.54, 1.807) is 0 Å². The third-order valence-electron chi connectivity index (χ3n) is 3.33. The molecule has 1 N–H and O–H groups in total. The highest BCUT2D eigenvalue weighted by molar-refractivity contribution is 5.83. The van der Waals surface area contributed by atoms with Crippen LogP contribution in [0.3, 0.4) is 0 Å². The van der Waals surface area contributed by atoms with Gasteiger partial charge in [0.05, 0.1) is 18.3 Å². The zero-order valence-corrected chi connectivity index (χ0v) is 9.75. The van der Waals surface area contributed by atoms with E-state index >= 15 is 0 Å². The van der Waals surface area contributed by atoms with Crippen molar-refractivity contribution in [1.82, 2.24) is 10.2 Å². The molecule has 0 radical (unpaired) electrons. The average molecular weight is 212 g/mol. The molecule has 15 heavy (non-hydrogen) atoms. The molecule has 0 aromatic heterocycles. The second kappa shape index (κ2) is 3.76. The summed E-state index contributed by atoms with van der Waals surface area (Å²) in [7, 11) is 0. The minimum atomic E-state index is -0.0883. The lowest BCUT2D eigenvalue weighted by atomic mass is 9.93. The van der Waals surface area contributed by atoms with Gasteiger partial charge in [-0.05, 0) is 33.6 Å². The van der Waals surface area contributed by atoms with E-state index in [0.29, 0.717) is 12.7 Å². The monoisotopic (exact) mass is 212 g/mol. The molecule has 4 heteroatoms. The Morgan fingerprint density at radius 2 is 2.27 bits per heavy atom. The highest BCUT2D eigenvalue weighted by atomic mass is 16.5. The van der Waals surface area contributed by atoms with E-state index in [1.807, 2.05) is 11.8 Å². The number of carbonyl (C=O) groups is 1. The van der Waals surface area contributed by atoms with E-state index in [0.717, 1.165) is 19.4 Å². The number of hydrogen-bond donors (Lipinski definition) is 1. The SMILES string of the molecule is CC1NCN(C2CCOC(C)(C)C2)C1=O. The molecular weight excluding hydrogens is 192 g/mol. The van der Waals surface area contributed by atoms with Crippen molar-refractivity contribution in [1.29, 1.82) is 0 Å². The van der Waals surface area contributed by atoms with Gasteiger partial charge in [-0.25, -0.2) is 0 Å². The largest absolute Gasteiger partial charge is 0.375 e. The second-order valence-electron chi connectivity index (χ2n) is 5.15. The molecule has 2 heterocycles. The fourth-order valence-corrected chi connectivity index (χ4v) is 2.42. The van der Waals surface area contributed by atoms with Crippen LogP contribution in [0.25, 0.3) is 0 Å². The number of nitrogens with zero attached hydrogens (tertiary/aromatic N) is 1. The lowest BCUT2D eigenvalue weighted by molar-refractivity contribution is -0.136. The summed E-state index contributed by atoms with van der Waals surface area (Å²) in [4.78, 5) is 13.8. The molecule has 2 fully saturated rings. The number of rotatable bonds is 1. The molecule has 86 valence electrons. The predicted octanol–water partition coefficient (Wildman–Crippen LogP) is 0.722. The lowest BCUT2D eigenvalue weighted by Gasteiger charge is -2.39. The normalized spacial score (nSPS) is 35.9. The van der Waals surface area contributed by atoms with Gasteiger partial charge in [0.25, 0.3) is 0 Å². The van der Waals surface area contributed by atoms with Gasteiger partial charge in [0.1, 0.15) is 0 Å². The van der Waals surface area contributed by atoms with Crippen LogP contribution in [0.15, 0.2) is 0 Å². The molecule has 0 aromatic rings. The first-order chi connectivity index (χ1) is 6.99. The molecule has 1 amide bonds. The smallest absolute Gasteiger partial charge is 0.240 e. The summed E-state index contributed by atoms with van der Waals surface area (Å²) in [6.45, 7) is 7.57. The molecular formula is C11H20N2O2. The second-order valence-corrected chi connectivity index (χ2v) is 5.15. The first-order valence-electron chi connectivity index (χ1n) is 5.67. The molecule has 0 aromatic carbocycles. The fourth-order valence-electron chi connectivity index (χ4n) is 2.42. The van der Waals surface area contributed by atoms with E-state index in [1.165, 1.54) is 0 Å². The maximum absolute atomic E-state index is 11.8. The third kappa shape index (κ3) is 2.16. The Bertz CT molecular complexity index is 265. The quantitative estimate of drug-likeness (QED) is 0.696. The molecule has 0 aliphatic carbocycles. The van der Waals surface area contributed by atoms with Gasteiger partial charge in [-0.1, -0.05) is 0 Å². The molecule has 4 nitrogen and oxygen atoms in total. The van der Waals surface area contributed by atoms with Gasteiger partial charge >= 0.3 is 0 Å². The van der Waals surface area contributed by atoms with E-state index in [9.17, 15) is 4.79 Å². The van der Waals surface area contributed by atoms with Crippen LogP contribution in [0.4, 0.5) is 0 Å². The zero-order valence-electron chi connectivity index (χ0n) is 9.75. The van der Waals surface area contributed by atoms with Crippen molar-refractivity contribution in [2.75, 3.05) is 13.3 Å². The summed E-state index contributed by atoms with van der Waals surface area (Å²) >= 11 is 0. The minimum Gasteiger partial charge on any atom is -0.375 e. The average Bonchev–Trinajstić information content (AvgIpc) is 2.46. The van der Waals surface area contributed by atoms with E-state index < -0.39 is 0 Å². The first-order valence-corrected chi connectivity index (χ1v) is 5.67. The van der Waals surface area contributed by atoms with Crippen molar-refractivity contribution in [3.8, 4) is 0 Å². The van der Waals surface area contributed by atoms with Gasteiger partial charge in [-0.15, -0.1) is 0 Å². The molecule has 2 saturated heterocycles. The molecule has 2 atom stereocenters. The van der Waals surface area contributed by atoms with Crippen LogP contribution in [0.1, 0.15) is 33.6 Å². The number of ether oxygens (including phenoxy) is 1. The first kappa shape index (κ1) is 10.9. The predicted molar refractivity (Wildman–Crippen MR) is 57.4 cm³/mol. The van der Waals surface area contributed by atoms with Crippen LogP contribution >= 0.6 is 0 Å². The van der Waals surface area contributed by atoms with E-state index in [4.69, 9.17) is 4.74 Å². The molecule has 0 bridgehead atoms. The third-order valence-corrected chi connectivity index (χ3v) is 3.33. The van der Waals surface area contributed by atoms with Crippen LogP contribution < -0.4 is 5.32 Å². The summed E-state index contributed by atoms with van der Waals surface area (Å²) in [6.07, 6.45) is 1.90. The van der Waals surface area contributed by atoms with Crippen molar-refractivity contribution in [2.24, 2.45) is 0 Å². The van der Waals surface area contributed by atoms with Crippen LogP contribution in [0.2, 0.25) is 0 Å². The summed E-state index contributed by atoms with van der Waals surface area (Å²) in [5.74, 6) is 0.234. The van der Waals surface area contributed by atoms with Crippen LogP contribution in [0.5, 0.6) is 0 Å². The van der Waals surface area contributed by atoms with Crippen molar-refractivity contribution < 1.29 is 9.53 Å². The summed E-state index contributed by atoms with van der Waals surface area (Å²) in [5, 5.41) is 3.18. The van der Waals surface area contributed by atoms with Crippen molar-refractivity contribution in [2.45, 2.75) is 51.3 Å². The molecule has 0 saturated carbocycles. The van der Waals surface area contributed by atoms with E-state index in [-0.39, 0.29) is 17.6 Å². The minimum absolute atomic E-state index is 0.0176. The van der Waals surface area contributed by atoms with Gasteiger partial charge in [-0.2, -0.15) is 0 Å². The number of hydrogen-bond acceptors (Lipinski definition) is 3. The van der Waals surface area contributed by atoms with Gasteiger partial charge < -0.3 is 9.64 Å². The standard InChI is InChI=1S/C11H20N2O2/c1-8-10(14)13(7-12-8)9-4-5-15-11(2,3)6-9/h8-9,12H,4-7H2,1-3H3. The Labute approximate surface area is 91.0 Å². The zero-order chi connectivity index (χ0) is 11.1. The Balaban J connectivity index is 2.02. The molecule has 0 spiro atoms. The lowest BCUT2D eigenvalue weighted by Crippen LogP contribution is -2.47. The van der Waals surface area contributed by atoms with Gasteiger partial charge in [0.15, 0.2) is 0 Å². The highest BCUT2D eigenvalue weighted by Gasteiger charge is 2.38. The van der Waals surface area contributed by atoms with Crippen molar-refractivity contribution in [3.05, 3.63) is 0 Å². The summed E-state index contributed by atoms with van der Waals surface area (Å²) < 4.78 is 5.66. The fraction of sp³-hybridized carbons (Fsp3) is 0.909. The molecule has 2 aliphatic heterocycles. The Hall–Kier alpha value is -0.610.